The summed E-state index contributed by atoms with van der Waals surface area (Å²) in [6.07, 6.45) is -5.81. The molecular formula is C22H23NO11. The summed E-state index contributed by atoms with van der Waals surface area (Å²) in [4.78, 5) is 74.2. The third-order valence-electron chi connectivity index (χ3n) is 5.08. The van der Waals surface area contributed by atoms with Crippen molar-refractivity contribution in [3.05, 3.63) is 35.4 Å². The Hall–Kier alpha value is -3.80. The van der Waals surface area contributed by atoms with Gasteiger partial charge in [-0.15, -0.1) is 0 Å². The third kappa shape index (κ3) is 5.06. The molecule has 0 bridgehead atoms. The van der Waals surface area contributed by atoms with E-state index < -0.39 is 72.9 Å². The number of nitrogens with zero attached hydrogens (tertiary/aromatic N) is 1. The van der Waals surface area contributed by atoms with Crippen LogP contribution in [0.4, 0.5) is 0 Å². The van der Waals surface area contributed by atoms with E-state index in [0.29, 0.717) is 0 Å². The fraction of sp³-hybridized carbons (Fsp3) is 0.455. The molecule has 182 valence electrons. The van der Waals surface area contributed by atoms with E-state index in [4.69, 9.17) is 23.7 Å². The van der Waals surface area contributed by atoms with Crippen LogP contribution in [0.3, 0.4) is 0 Å². The normalized spacial score (nSPS) is 25.9. The Kier molecular flexibility index (Phi) is 7.30. The van der Waals surface area contributed by atoms with Crippen molar-refractivity contribution in [1.29, 1.82) is 0 Å². The van der Waals surface area contributed by atoms with Crippen molar-refractivity contribution < 1.29 is 52.5 Å². The first-order valence-electron chi connectivity index (χ1n) is 10.3. The summed E-state index contributed by atoms with van der Waals surface area (Å²) in [7, 11) is 0. The summed E-state index contributed by atoms with van der Waals surface area (Å²) in [6.45, 7) is 3.91. The minimum absolute atomic E-state index is 0.0849. The summed E-state index contributed by atoms with van der Waals surface area (Å²) in [5, 5.41) is 0. The number of hydrogen-bond donors (Lipinski definition) is 0. The minimum Gasteiger partial charge on any atom is -0.463 e. The number of carbonyl (C=O) groups excluding carboxylic acids is 6. The van der Waals surface area contributed by atoms with Gasteiger partial charge in [0.05, 0.1) is 11.1 Å². The molecule has 3 rings (SSSR count). The van der Waals surface area contributed by atoms with Crippen LogP contribution in [0, 0.1) is 0 Å². The zero-order valence-electron chi connectivity index (χ0n) is 18.8. The molecule has 1 fully saturated rings. The number of hydrogen-bond acceptors (Lipinski definition) is 11. The standard InChI is InChI=1S/C22H23NO11/c1-10(24)30-9-16-18(31-11(2)25)19(32-12(3)26)17(22(34-16)33-13(4)27)23-20(28)14-7-5-6-8-15(14)21(23)29/h5-8,16-19,22H,9H2,1-4H3/t16-,17-,18+,19-,22+/m1/s1. The van der Waals surface area contributed by atoms with Crippen LogP contribution in [-0.4, -0.2) is 77.8 Å². The van der Waals surface area contributed by atoms with Gasteiger partial charge in [0.1, 0.15) is 18.8 Å². The van der Waals surface area contributed by atoms with E-state index in [1.165, 1.54) is 12.1 Å². The average molecular weight is 477 g/mol. The van der Waals surface area contributed by atoms with E-state index in [2.05, 4.69) is 0 Å². The van der Waals surface area contributed by atoms with Gasteiger partial charge in [0.15, 0.2) is 12.2 Å². The van der Waals surface area contributed by atoms with Crippen LogP contribution in [0.15, 0.2) is 24.3 Å². The maximum absolute atomic E-state index is 13.2. The lowest BCUT2D eigenvalue weighted by Gasteiger charge is -2.46. The average Bonchev–Trinajstić information content (AvgIpc) is 2.98. The molecule has 2 aliphatic heterocycles. The van der Waals surface area contributed by atoms with Gasteiger partial charge in [-0.2, -0.15) is 0 Å². The lowest BCUT2D eigenvalue weighted by molar-refractivity contribution is -0.278. The first-order chi connectivity index (χ1) is 16.0. The van der Waals surface area contributed by atoms with Crippen LogP contribution in [0.5, 0.6) is 0 Å². The summed E-state index contributed by atoms with van der Waals surface area (Å²) in [6, 6.07) is 4.49. The second-order valence-corrected chi connectivity index (χ2v) is 7.62. The zero-order valence-corrected chi connectivity index (χ0v) is 18.8. The highest BCUT2D eigenvalue weighted by atomic mass is 16.7. The van der Waals surface area contributed by atoms with Crippen molar-refractivity contribution >= 4 is 35.7 Å². The zero-order chi connectivity index (χ0) is 25.2. The smallest absolute Gasteiger partial charge is 0.305 e. The SMILES string of the molecule is CC(=O)OC[C@H]1O[C@H](OC(C)=O)[C@H](N2C(=O)c3ccccc3C2=O)[C@@H](OC(C)=O)[C@H]1OC(C)=O. The molecule has 0 spiro atoms. The molecular weight excluding hydrogens is 454 g/mol. The van der Waals surface area contributed by atoms with Crippen LogP contribution in [-0.2, 0) is 42.9 Å². The summed E-state index contributed by atoms with van der Waals surface area (Å²) >= 11 is 0. The molecule has 1 saturated heterocycles. The quantitative estimate of drug-likeness (QED) is 0.317. The molecule has 0 radical (unpaired) electrons. The Balaban J connectivity index is 2.11. The highest BCUT2D eigenvalue weighted by Gasteiger charge is 2.58. The van der Waals surface area contributed by atoms with Crippen LogP contribution in [0.25, 0.3) is 0 Å². The van der Waals surface area contributed by atoms with Gasteiger partial charge in [-0.1, -0.05) is 12.1 Å². The number of esters is 4. The Morgan fingerprint density at radius 3 is 1.76 bits per heavy atom. The van der Waals surface area contributed by atoms with Crippen LogP contribution < -0.4 is 0 Å². The van der Waals surface area contributed by atoms with Crippen molar-refractivity contribution in [1.82, 2.24) is 4.90 Å². The van der Waals surface area contributed by atoms with E-state index in [0.717, 1.165) is 32.6 Å². The lowest BCUT2D eigenvalue weighted by Crippen LogP contribution is -2.67. The second-order valence-electron chi connectivity index (χ2n) is 7.62. The van der Waals surface area contributed by atoms with Gasteiger partial charge < -0.3 is 23.7 Å². The molecule has 2 aliphatic rings. The van der Waals surface area contributed by atoms with Crippen molar-refractivity contribution in [3.8, 4) is 0 Å². The molecule has 2 amide bonds. The second kappa shape index (κ2) is 10.00. The number of amides is 2. The number of carbonyl (C=O) groups is 6. The molecule has 1 aromatic rings. The van der Waals surface area contributed by atoms with Gasteiger partial charge in [-0.05, 0) is 12.1 Å². The lowest BCUT2D eigenvalue weighted by atomic mass is 9.94. The molecule has 1 aromatic carbocycles. The molecule has 0 aliphatic carbocycles. The maximum Gasteiger partial charge on any atom is 0.305 e. The van der Waals surface area contributed by atoms with Crippen molar-refractivity contribution in [2.24, 2.45) is 0 Å². The Morgan fingerprint density at radius 1 is 0.794 bits per heavy atom. The Labute approximate surface area is 194 Å². The van der Waals surface area contributed by atoms with E-state index in [1.807, 2.05) is 0 Å². The fourth-order valence-electron chi connectivity index (χ4n) is 3.90. The highest BCUT2D eigenvalue weighted by molar-refractivity contribution is 6.21. The van der Waals surface area contributed by atoms with Gasteiger partial charge in [0.25, 0.3) is 11.8 Å². The molecule has 0 N–H and O–H groups in total. The van der Waals surface area contributed by atoms with Gasteiger partial charge in [-0.3, -0.25) is 33.7 Å². The summed E-state index contributed by atoms with van der Waals surface area (Å²) < 4.78 is 26.7. The predicted molar refractivity (Wildman–Crippen MR) is 109 cm³/mol. The monoisotopic (exact) mass is 477 g/mol. The molecule has 0 unspecified atom stereocenters. The number of benzene rings is 1. The van der Waals surface area contributed by atoms with Crippen LogP contribution in [0.1, 0.15) is 48.4 Å². The first kappa shape index (κ1) is 24.8. The highest BCUT2D eigenvalue weighted by Crippen LogP contribution is 2.35. The maximum atomic E-state index is 13.2. The molecule has 2 heterocycles. The van der Waals surface area contributed by atoms with Gasteiger partial charge in [0.2, 0.25) is 6.29 Å². The number of fused-ring (bicyclic) bond motifs is 1. The van der Waals surface area contributed by atoms with Crippen molar-refractivity contribution in [2.75, 3.05) is 6.61 Å². The molecule has 0 saturated carbocycles. The molecule has 0 aromatic heterocycles. The van der Waals surface area contributed by atoms with E-state index >= 15 is 0 Å². The van der Waals surface area contributed by atoms with Crippen molar-refractivity contribution in [2.45, 2.75) is 58.3 Å². The van der Waals surface area contributed by atoms with Gasteiger partial charge in [-0.25, -0.2) is 0 Å². The first-order valence-corrected chi connectivity index (χ1v) is 10.3. The molecule has 12 nitrogen and oxygen atoms in total. The number of rotatable bonds is 6. The number of imide groups is 1. The molecule has 34 heavy (non-hydrogen) atoms. The Bertz CT molecular complexity index is 1000. The molecule has 5 atom stereocenters. The summed E-state index contributed by atoms with van der Waals surface area (Å²) in [5.41, 5.74) is 0.170. The van der Waals surface area contributed by atoms with Crippen molar-refractivity contribution in [3.63, 3.8) is 0 Å². The third-order valence-corrected chi connectivity index (χ3v) is 5.08. The van der Waals surface area contributed by atoms with Gasteiger partial charge >= 0.3 is 23.9 Å². The predicted octanol–water partition coefficient (Wildman–Crippen LogP) is 0.366. The summed E-state index contributed by atoms with van der Waals surface area (Å²) in [5.74, 6) is -4.64. The largest absolute Gasteiger partial charge is 0.463 e. The minimum atomic E-state index is -1.63. The van der Waals surface area contributed by atoms with E-state index in [1.54, 1.807) is 12.1 Å². The van der Waals surface area contributed by atoms with E-state index in [9.17, 15) is 28.8 Å². The molecule has 12 heteroatoms. The fourth-order valence-corrected chi connectivity index (χ4v) is 3.90. The van der Waals surface area contributed by atoms with Crippen LogP contribution in [0.2, 0.25) is 0 Å². The van der Waals surface area contributed by atoms with Gasteiger partial charge in [0, 0.05) is 27.7 Å². The van der Waals surface area contributed by atoms with Crippen LogP contribution >= 0.6 is 0 Å². The van der Waals surface area contributed by atoms with E-state index in [-0.39, 0.29) is 11.1 Å². The number of ether oxygens (including phenoxy) is 5. The topological polar surface area (TPSA) is 152 Å². The Morgan fingerprint density at radius 2 is 1.29 bits per heavy atom.